The summed E-state index contributed by atoms with van der Waals surface area (Å²) in [6, 6.07) is 16.2. The van der Waals surface area contributed by atoms with Crippen molar-refractivity contribution in [2.75, 3.05) is 24.3 Å². The number of aliphatic imine (C=N–C) groups is 1. The smallest absolute Gasteiger partial charge is 0.193 e. The fourth-order valence-electron chi connectivity index (χ4n) is 2.12. The molecule has 110 valence electrons. The van der Waals surface area contributed by atoms with Crippen molar-refractivity contribution >= 4 is 17.3 Å². The summed E-state index contributed by atoms with van der Waals surface area (Å²) in [7, 11) is 4.05. The molecular weight excluding hydrogens is 260 g/mol. The molecule has 4 heteroatoms. The molecule has 0 aliphatic heterocycles. The Morgan fingerprint density at radius 1 is 1.14 bits per heavy atom. The lowest BCUT2D eigenvalue weighted by Gasteiger charge is -2.17. The minimum absolute atomic E-state index is 0.424. The number of hydrogen-bond donors (Lipinski definition) is 2. The van der Waals surface area contributed by atoms with E-state index in [1.165, 1.54) is 5.56 Å². The highest BCUT2D eigenvalue weighted by atomic mass is 15.1. The molecule has 2 rings (SSSR count). The molecule has 2 aromatic carbocycles. The van der Waals surface area contributed by atoms with E-state index in [1.807, 2.05) is 50.5 Å². The van der Waals surface area contributed by atoms with Gasteiger partial charge in [-0.1, -0.05) is 36.4 Å². The molecule has 3 N–H and O–H groups in total. The van der Waals surface area contributed by atoms with Gasteiger partial charge < -0.3 is 16.0 Å². The minimum Gasteiger partial charge on any atom is -0.377 e. The normalized spacial score (nSPS) is 11.3. The minimum atomic E-state index is 0.424. The van der Waals surface area contributed by atoms with Crippen LogP contribution in [-0.2, 0) is 6.54 Å². The molecule has 0 saturated carbocycles. The van der Waals surface area contributed by atoms with Crippen molar-refractivity contribution in [3.05, 3.63) is 59.7 Å². The van der Waals surface area contributed by atoms with Crippen LogP contribution in [0, 0.1) is 6.92 Å². The van der Waals surface area contributed by atoms with Crippen molar-refractivity contribution in [1.82, 2.24) is 0 Å². The number of rotatable bonds is 4. The number of aryl methyl sites for hydroxylation is 1. The van der Waals surface area contributed by atoms with E-state index >= 15 is 0 Å². The summed E-state index contributed by atoms with van der Waals surface area (Å²) in [6.07, 6.45) is 0. The zero-order chi connectivity index (χ0) is 15.2. The number of nitrogens with zero attached hydrogens (tertiary/aromatic N) is 2. The molecule has 0 aromatic heterocycles. The fourth-order valence-corrected chi connectivity index (χ4v) is 2.12. The Hall–Kier alpha value is -2.49. The maximum absolute atomic E-state index is 5.94. The Morgan fingerprint density at radius 3 is 2.52 bits per heavy atom. The summed E-state index contributed by atoms with van der Waals surface area (Å²) >= 11 is 0. The average molecular weight is 282 g/mol. The highest BCUT2D eigenvalue weighted by molar-refractivity contribution is 5.92. The molecule has 0 unspecified atom stereocenters. The number of benzene rings is 2. The molecule has 0 spiro atoms. The number of nitrogens with one attached hydrogen (secondary N) is 1. The van der Waals surface area contributed by atoms with Gasteiger partial charge in [0, 0.05) is 25.5 Å². The van der Waals surface area contributed by atoms with Crippen LogP contribution in [0.15, 0.2) is 53.5 Å². The van der Waals surface area contributed by atoms with Crippen LogP contribution >= 0.6 is 0 Å². The Balaban J connectivity index is 2.05. The quantitative estimate of drug-likeness (QED) is 0.669. The lowest BCUT2D eigenvalue weighted by molar-refractivity contribution is 1.06. The van der Waals surface area contributed by atoms with Gasteiger partial charge in [-0.15, -0.1) is 0 Å². The number of nitrogens with two attached hydrogens (primary N) is 1. The van der Waals surface area contributed by atoms with E-state index in [0.717, 1.165) is 16.9 Å². The fraction of sp³-hybridized carbons (Fsp3) is 0.235. The summed E-state index contributed by atoms with van der Waals surface area (Å²) in [5.41, 5.74) is 10.4. The average Bonchev–Trinajstić information content (AvgIpc) is 2.48. The van der Waals surface area contributed by atoms with Gasteiger partial charge in [-0.25, -0.2) is 4.99 Å². The summed E-state index contributed by atoms with van der Waals surface area (Å²) in [4.78, 5) is 6.44. The van der Waals surface area contributed by atoms with Crippen LogP contribution in [0.5, 0.6) is 0 Å². The molecule has 0 atom stereocenters. The Morgan fingerprint density at radius 2 is 1.86 bits per heavy atom. The van der Waals surface area contributed by atoms with Gasteiger partial charge in [0.1, 0.15) is 0 Å². The third kappa shape index (κ3) is 4.24. The first-order valence-electron chi connectivity index (χ1n) is 6.95. The molecule has 0 aliphatic carbocycles. The van der Waals surface area contributed by atoms with E-state index in [2.05, 4.69) is 34.3 Å². The number of anilines is 2. The van der Waals surface area contributed by atoms with Crippen LogP contribution in [-0.4, -0.2) is 20.1 Å². The second kappa shape index (κ2) is 6.79. The zero-order valence-electron chi connectivity index (χ0n) is 12.8. The van der Waals surface area contributed by atoms with Crippen molar-refractivity contribution in [3.8, 4) is 0 Å². The molecular formula is C17H22N4. The second-order valence-corrected chi connectivity index (χ2v) is 5.21. The Kier molecular flexibility index (Phi) is 4.82. The third-order valence-electron chi connectivity index (χ3n) is 3.24. The van der Waals surface area contributed by atoms with E-state index < -0.39 is 0 Å². The van der Waals surface area contributed by atoms with Crippen LogP contribution in [0.4, 0.5) is 11.4 Å². The van der Waals surface area contributed by atoms with Gasteiger partial charge in [-0.2, -0.15) is 0 Å². The van der Waals surface area contributed by atoms with Gasteiger partial charge >= 0.3 is 0 Å². The summed E-state index contributed by atoms with van der Waals surface area (Å²) in [5.74, 6) is 0.424. The van der Waals surface area contributed by atoms with Crippen LogP contribution in [0.25, 0.3) is 0 Å². The largest absolute Gasteiger partial charge is 0.377 e. The summed E-state index contributed by atoms with van der Waals surface area (Å²) in [6.45, 7) is 2.66. The highest BCUT2D eigenvalue weighted by Gasteiger charge is 2.03. The molecule has 2 aromatic rings. The molecule has 0 heterocycles. The molecule has 4 nitrogen and oxygen atoms in total. The lowest BCUT2D eigenvalue weighted by atomic mass is 10.1. The first kappa shape index (κ1) is 14.9. The predicted molar refractivity (Wildman–Crippen MR) is 90.9 cm³/mol. The van der Waals surface area contributed by atoms with Crippen molar-refractivity contribution < 1.29 is 0 Å². The van der Waals surface area contributed by atoms with Gasteiger partial charge in [0.05, 0.1) is 6.54 Å². The molecule has 0 fully saturated rings. The first-order valence-corrected chi connectivity index (χ1v) is 6.95. The number of hydrogen-bond acceptors (Lipinski definition) is 2. The van der Waals surface area contributed by atoms with Crippen molar-refractivity contribution in [1.29, 1.82) is 0 Å². The molecule has 0 bridgehead atoms. The van der Waals surface area contributed by atoms with Crippen molar-refractivity contribution in [3.63, 3.8) is 0 Å². The topological polar surface area (TPSA) is 53.6 Å². The van der Waals surface area contributed by atoms with Crippen LogP contribution in [0.2, 0.25) is 0 Å². The van der Waals surface area contributed by atoms with Crippen LogP contribution in [0.1, 0.15) is 11.1 Å². The lowest BCUT2D eigenvalue weighted by Crippen LogP contribution is -2.23. The van der Waals surface area contributed by atoms with Gasteiger partial charge in [-0.05, 0) is 30.2 Å². The second-order valence-electron chi connectivity index (χ2n) is 5.21. The molecule has 0 aliphatic rings. The maximum Gasteiger partial charge on any atom is 0.193 e. The predicted octanol–water partition coefficient (Wildman–Crippen LogP) is 2.99. The first-order chi connectivity index (χ1) is 10.1. The van der Waals surface area contributed by atoms with Crippen molar-refractivity contribution in [2.24, 2.45) is 10.7 Å². The van der Waals surface area contributed by atoms with E-state index in [4.69, 9.17) is 5.73 Å². The highest BCUT2D eigenvalue weighted by Crippen LogP contribution is 2.22. The van der Waals surface area contributed by atoms with Gasteiger partial charge in [0.25, 0.3) is 0 Å². The van der Waals surface area contributed by atoms with E-state index in [9.17, 15) is 0 Å². The summed E-state index contributed by atoms with van der Waals surface area (Å²) in [5, 5.41) is 3.14. The SMILES string of the molecule is Cc1ccc(NC(N)=NCc2ccccc2)cc1N(C)C. The van der Waals surface area contributed by atoms with Crippen LogP contribution < -0.4 is 16.0 Å². The standard InChI is InChI=1S/C17H22N4/c1-13-9-10-15(11-16(13)21(2)3)20-17(18)19-12-14-7-5-4-6-8-14/h4-11H,12H2,1-3H3,(H3,18,19,20). The molecule has 0 radical (unpaired) electrons. The Bertz CT molecular complexity index is 618. The monoisotopic (exact) mass is 282 g/mol. The van der Waals surface area contributed by atoms with Gasteiger partial charge in [0.2, 0.25) is 0 Å². The van der Waals surface area contributed by atoms with E-state index in [1.54, 1.807) is 0 Å². The third-order valence-corrected chi connectivity index (χ3v) is 3.24. The molecule has 0 saturated heterocycles. The zero-order valence-corrected chi connectivity index (χ0v) is 12.8. The van der Waals surface area contributed by atoms with E-state index in [0.29, 0.717) is 12.5 Å². The van der Waals surface area contributed by atoms with Gasteiger partial charge in [-0.3, -0.25) is 0 Å². The molecule has 0 amide bonds. The van der Waals surface area contributed by atoms with Crippen LogP contribution in [0.3, 0.4) is 0 Å². The van der Waals surface area contributed by atoms with Gasteiger partial charge in [0.15, 0.2) is 5.96 Å². The van der Waals surface area contributed by atoms with Crippen molar-refractivity contribution in [2.45, 2.75) is 13.5 Å². The molecule has 21 heavy (non-hydrogen) atoms. The van der Waals surface area contributed by atoms with E-state index in [-0.39, 0.29) is 0 Å². The maximum atomic E-state index is 5.94. The number of guanidine groups is 1. The Labute approximate surface area is 126 Å². The summed E-state index contributed by atoms with van der Waals surface area (Å²) < 4.78 is 0.